The van der Waals surface area contributed by atoms with Crippen LogP contribution < -0.4 is 0 Å². The number of hydrogen-bond acceptors (Lipinski definition) is 11. The van der Waals surface area contributed by atoms with Gasteiger partial charge in [-0.3, -0.25) is 14.8 Å². The van der Waals surface area contributed by atoms with Crippen molar-refractivity contribution >= 4 is 5.78 Å². The molecule has 13 rings (SSSR count). The first-order chi connectivity index (χ1) is 30.4. The van der Waals surface area contributed by atoms with Crippen LogP contribution in [-0.2, 0) is 49.4 Å². The molecule has 1 aromatic rings. The molecule has 5 heterocycles. The topological polar surface area (TPSA) is 161 Å². The van der Waals surface area contributed by atoms with Crippen LogP contribution >= 0.6 is 0 Å². The molecule has 4 N–H and O–H groups in total. The molecule has 1 aromatic heterocycles. The van der Waals surface area contributed by atoms with E-state index in [1.807, 2.05) is 19.9 Å². The Labute approximate surface area is 385 Å². The summed E-state index contributed by atoms with van der Waals surface area (Å²) in [7, 11) is 0. The molecule has 356 valence electrons. The molecule has 4 aliphatic heterocycles. The number of Topliss-reactive ketones (excluding diaryl/α,β-unsaturated/α-hetero) is 1. The van der Waals surface area contributed by atoms with Crippen LogP contribution in [0.5, 0.6) is 0 Å². The van der Waals surface area contributed by atoms with Gasteiger partial charge in [-0.05, 0) is 138 Å². The number of nitrogens with zero attached hydrogens (tertiary/aromatic N) is 2. The average molecular weight is 897 g/mol. The molecule has 0 amide bonds. The predicted molar refractivity (Wildman–Crippen MR) is 239 cm³/mol. The first kappa shape index (κ1) is 43.2. The third-order valence-corrected chi connectivity index (χ3v) is 23.4. The lowest BCUT2D eigenvalue weighted by Gasteiger charge is -2.62. The third kappa shape index (κ3) is 5.14. The van der Waals surface area contributed by atoms with Crippen LogP contribution in [0.25, 0.3) is 0 Å². The number of rotatable bonds is 0. The summed E-state index contributed by atoms with van der Waals surface area (Å²) in [5.74, 6) is 0.346. The highest BCUT2D eigenvalue weighted by atomic mass is 16.7. The molecular formula is C54H76N2O9. The van der Waals surface area contributed by atoms with Crippen molar-refractivity contribution in [3.05, 3.63) is 34.4 Å². The van der Waals surface area contributed by atoms with Crippen LogP contribution in [0.2, 0.25) is 0 Å². The third-order valence-electron chi connectivity index (χ3n) is 23.4. The van der Waals surface area contributed by atoms with Crippen molar-refractivity contribution in [1.82, 2.24) is 9.97 Å². The molecule has 9 fully saturated rings. The Kier molecular flexibility index (Phi) is 8.59. The summed E-state index contributed by atoms with van der Waals surface area (Å²) in [4.78, 5) is 26.0. The fourth-order valence-electron chi connectivity index (χ4n) is 19.6. The molecule has 5 saturated carbocycles. The van der Waals surface area contributed by atoms with E-state index < -0.39 is 52.4 Å². The van der Waals surface area contributed by atoms with Crippen molar-refractivity contribution in [2.75, 3.05) is 6.61 Å². The van der Waals surface area contributed by atoms with Gasteiger partial charge in [-0.1, -0.05) is 53.2 Å². The quantitative estimate of drug-likeness (QED) is 0.208. The number of aromatic nitrogens is 2. The molecule has 4 saturated heterocycles. The van der Waals surface area contributed by atoms with Gasteiger partial charge in [0.25, 0.3) is 0 Å². The monoisotopic (exact) mass is 897 g/mol. The number of aliphatic hydroxyl groups is 4. The molecule has 11 nitrogen and oxygen atoms in total. The highest BCUT2D eigenvalue weighted by molar-refractivity contribution is 5.87. The van der Waals surface area contributed by atoms with Crippen molar-refractivity contribution < 1.29 is 44.2 Å². The van der Waals surface area contributed by atoms with Crippen LogP contribution in [0.15, 0.2) is 11.6 Å². The second-order valence-corrected chi connectivity index (χ2v) is 26.6. The summed E-state index contributed by atoms with van der Waals surface area (Å²) in [6.45, 7) is 19.7. The maximum Gasteiger partial charge on any atom is 0.174 e. The van der Waals surface area contributed by atoms with Gasteiger partial charge in [0.1, 0.15) is 17.5 Å². The number of ketones is 1. The largest absolute Gasteiger partial charge is 0.392 e. The Morgan fingerprint density at radius 3 is 2.06 bits per heavy atom. The molecule has 12 aliphatic rings. The lowest BCUT2D eigenvalue weighted by atomic mass is 9.43. The minimum absolute atomic E-state index is 0.0102. The van der Waals surface area contributed by atoms with Crippen LogP contribution in [0, 0.1) is 80.8 Å². The minimum atomic E-state index is -1.43. The van der Waals surface area contributed by atoms with Gasteiger partial charge >= 0.3 is 0 Å². The summed E-state index contributed by atoms with van der Waals surface area (Å²) in [6.07, 6.45) is 11.1. The van der Waals surface area contributed by atoms with E-state index >= 15 is 0 Å². The van der Waals surface area contributed by atoms with Gasteiger partial charge in [-0.25, -0.2) is 0 Å². The first-order valence-electron chi connectivity index (χ1n) is 26.1. The summed E-state index contributed by atoms with van der Waals surface area (Å²) < 4.78 is 26.7. The van der Waals surface area contributed by atoms with E-state index in [-0.39, 0.29) is 64.1 Å². The standard InChI is InChI=1S/C54H76N2O9/c1-26-45-40(63-52(26)14-12-46(3,4)65-52)19-32-30-11-10-28-16-35-37(23-48(28,6)31(30)20-41(58)50(32,45)8)56-36-17-29-18-39(57)44-33(49(29,7)24-38(36)55-35)21-42(59)51(9)34(44)22-43-54(51,61)27(2)53(64-43)15-13-47(5,60)25-62-53/h22,26-33,39-40,42-45,57,59-61H,10-21,23-25H2,1-9H3/t26-,27+,28-,29+,30+,31-,32+,33-,39-,40-,42+,43-,44+,45-,47-,48-,49-,50+,51+,52+,53+,54+/m0/s1. The van der Waals surface area contributed by atoms with Crippen molar-refractivity contribution in [3.8, 4) is 0 Å². The Morgan fingerprint density at radius 1 is 0.723 bits per heavy atom. The van der Waals surface area contributed by atoms with Crippen LogP contribution in [-0.4, -0.2) is 95.6 Å². The van der Waals surface area contributed by atoms with Gasteiger partial charge in [0.2, 0.25) is 0 Å². The molecule has 65 heavy (non-hydrogen) atoms. The molecule has 22 atom stereocenters. The number of aliphatic hydroxyl groups excluding tert-OH is 2. The molecule has 0 bridgehead atoms. The zero-order valence-electron chi connectivity index (χ0n) is 40.5. The summed E-state index contributed by atoms with van der Waals surface area (Å²) in [5, 5.41) is 48.4. The van der Waals surface area contributed by atoms with E-state index in [4.69, 9.17) is 28.9 Å². The number of fused-ring (bicyclic) bond motifs is 16. The van der Waals surface area contributed by atoms with Gasteiger partial charge in [-0.2, -0.15) is 0 Å². The maximum absolute atomic E-state index is 14.9. The number of carbonyl (C=O) groups is 1. The normalized spacial score (nSPS) is 58.7. The van der Waals surface area contributed by atoms with E-state index in [2.05, 4.69) is 41.5 Å². The average Bonchev–Trinajstić information content (AvgIpc) is 3.94. The van der Waals surface area contributed by atoms with E-state index in [0.29, 0.717) is 61.6 Å². The molecule has 0 radical (unpaired) electrons. The Hall–Kier alpha value is -1.83. The Morgan fingerprint density at radius 2 is 1.40 bits per heavy atom. The highest BCUT2D eigenvalue weighted by Crippen LogP contribution is 2.73. The van der Waals surface area contributed by atoms with E-state index in [0.717, 1.165) is 86.1 Å². The Bertz CT molecular complexity index is 2290. The van der Waals surface area contributed by atoms with Crippen molar-refractivity contribution in [3.63, 3.8) is 0 Å². The van der Waals surface area contributed by atoms with Crippen LogP contribution in [0.4, 0.5) is 0 Å². The molecule has 11 heteroatoms. The lowest BCUT2D eigenvalue weighted by Crippen LogP contribution is -2.66. The smallest absolute Gasteiger partial charge is 0.174 e. The summed E-state index contributed by atoms with van der Waals surface area (Å²) >= 11 is 0. The molecule has 8 aliphatic carbocycles. The highest BCUT2D eigenvalue weighted by Gasteiger charge is 2.78. The van der Waals surface area contributed by atoms with Gasteiger partial charge in [0.15, 0.2) is 11.6 Å². The molecular weight excluding hydrogens is 821 g/mol. The fraction of sp³-hybridized carbons (Fsp3) is 0.870. The van der Waals surface area contributed by atoms with Gasteiger partial charge in [-0.15, -0.1) is 0 Å². The van der Waals surface area contributed by atoms with E-state index in [9.17, 15) is 25.2 Å². The first-order valence-corrected chi connectivity index (χ1v) is 26.1. The van der Waals surface area contributed by atoms with Crippen LogP contribution in [0.1, 0.15) is 149 Å². The zero-order valence-corrected chi connectivity index (χ0v) is 40.5. The SMILES string of the molecule is C[C@@H]1[C@@]2(CC[C@](C)(O)CO2)O[C@H]2C=C3[C@@H]4[C@@H](O)C[C@H]5Cc6nc7c(nc6C[C@]5(C)[C@H]4C[C@@H](O)[C@]3(C)[C@]21O)C[C@@H]1CC[C@H]2[C@H]3C[C@@H]4O[C@@]5(CCC(C)(C)O5)[C@@H](C)[C@@H]4[C@@]3(C)C(=O)C[C@@H]2[C@@]1(C)C7. The van der Waals surface area contributed by atoms with E-state index in [1.54, 1.807) is 6.92 Å². The van der Waals surface area contributed by atoms with Crippen molar-refractivity contribution in [2.24, 2.45) is 80.8 Å². The second-order valence-electron chi connectivity index (χ2n) is 26.6. The molecule has 0 unspecified atom stereocenters. The van der Waals surface area contributed by atoms with Gasteiger partial charge in [0, 0.05) is 53.8 Å². The number of ether oxygens (including phenoxy) is 4. The second kappa shape index (κ2) is 12.9. The predicted octanol–water partition coefficient (Wildman–Crippen LogP) is 6.61. The minimum Gasteiger partial charge on any atom is -0.392 e. The zero-order chi connectivity index (χ0) is 45.6. The van der Waals surface area contributed by atoms with Gasteiger partial charge in [0.05, 0.1) is 58.9 Å². The molecule has 2 spiro atoms. The van der Waals surface area contributed by atoms with Crippen molar-refractivity contribution in [2.45, 2.75) is 205 Å². The summed E-state index contributed by atoms with van der Waals surface area (Å²) in [6, 6.07) is 0. The summed E-state index contributed by atoms with van der Waals surface area (Å²) in [5.41, 5.74) is 1.13. The van der Waals surface area contributed by atoms with Crippen molar-refractivity contribution in [1.29, 1.82) is 0 Å². The lowest BCUT2D eigenvalue weighted by molar-refractivity contribution is -0.289. The Balaban J connectivity index is 0.768. The molecule has 0 aromatic carbocycles. The fourth-order valence-corrected chi connectivity index (χ4v) is 19.6. The van der Waals surface area contributed by atoms with Crippen LogP contribution in [0.3, 0.4) is 0 Å². The van der Waals surface area contributed by atoms with E-state index in [1.165, 1.54) is 0 Å². The maximum atomic E-state index is 14.9. The van der Waals surface area contributed by atoms with Gasteiger partial charge < -0.3 is 39.4 Å². The number of hydrogen-bond donors (Lipinski definition) is 4. The number of carbonyl (C=O) groups excluding carboxylic acids is 1.